The van der Waals surface area contributed by atoms with E-state index in [-0.39, 0.29) is 18.1 Å². The van der Waals surface area contributed by atoms with Crippen LogP contribution in [0.15, 0.2) is 60.9 Å². The molecule has 0 spiro atoms. The van der Waals surface area contributed by atoms with Gasteiger partial charge in [0.25, 0.3) is 5.91 Å². The van der Waals surface area contributed by atoms with Crippen LogP contribution in [0.3, 0.4) is 0 Å². The van der Waals surface area contributed by atoms with Crippen molar-refractivity contribution in [2.75, 3.05) is 13.2 Å². The van der Waals surface area contributed by atoms with Crippen LogP contribution < -0.4 is 10.1 Å². The molecule has 0 saturated heterocycles. The van der Waals surface area contributed by atoms with E-state index in [4.69, 9.17) is 4.74 Å². The molecule has 4 aromatic rings. The van der Waals surface area contributed by atoms with Gasteiger partial charge in [-0.2, -0.15) is 0 Å². The van der Waals surface area contributed by atoms with Gasteiger partial charge in [-0.3, -0.25) is 14.2 Å². The number of aryl methyl sites for hydroxylation is 2. The number of aliphatic hydroxyl groups excluding tert-OH is 2. The molecule has 4 rings (SSSR count). The molecule has 1 amide bonds. The fourth-order valence-corrected chi connectivity index (χ4v) is 4.07. The molecular weight excluding hydrogens is 451 g/mol. The van der Waals surface area contributed by atoms with Gasteiger partial charge in [-0.25, -0.2) is 9.37 Å². The number of carbonyl (C=O) groups excluding carboxylic acids is 1. The van der Waals surface area contributed by atoms with Gasteiger partial charge < -0.3 is 20.3 Å². The lowest BCUT2D eigenvalue weighted by atomic mass is 9.96. The van der Waals surface area contributed by atoms with Crippen LogP contribution in [0.4, 0.5) is 4.39 Å². The largest absolute Gasteiger partial charge is 0.485 e. The van der Waals surface area contributed by atoms with Gasteiger partial charge in [0, 0.05) is 18.0 Å². The molecule has 8 nitrogen and oxygen atoms in total. The molecule has 0 atom stereocenters. The van der Waals surface area contributed by atoms with Crippen LogP contribution in [-0.2, 0) is 18.6 Å². The zero-order valence-electron chi connectivity index (χ0n) is 19.5. The minimum Gasteiger partial charge on any atom is -0.485 e. The molecule has 0 aliphatic heterocycles. The number of halogens is 1. The fraction of sp³-hybridized carbons (Fsp3) is 0.269. The summed E-state index contributed by atoms with van der Waals surface area (Å²) in [6, 6.07) is 13.4. The minimum atomic E-state index is -1.48. The monoisotopic (exact) mass is 478 g/mol. The van der Waals surface area contributed by atoms with Crippen LogP contribution in [0.5, 0.6) is 5.75 Å². The van der Waals surface area contributed by atoms with Crippen molar-refractivity contribution in [2.24, 2.45) is 0 Å². The van der Waals surface area contributed by atoms with Crippen molar-refractivity contribution in [1.82, 2.24) is 19.7 Å². The van der Waals surface area contributed by atoms with Gasteiger partial charge >= 0.3 is 0 Å². The van der Waals surface area contributed by atoms with Gasteiger partial charge in [-0.1, -0.05) is 25.1 Å². The zero-order chi connectivity index (χ0) is 25.0. The number of pyridine rings is 2. The van der Waals surface area contributed by atoms with E-state index in [1.165, 1.54) is 12.3 Å². The lowest BCUT2D eigenvalue weighted by Gasteiger charge is -2.30. The predicted molar refractivity (Wildman–Crippen MR) is 128 cm³/mol. The molecule has 0 aliphatic rings. The van der Waals surface area contributed by atoms with Crippen molar-refractivity contribution < 1.29 is 24.1 Å². The third kappa shape index (κ3) is 4.60. The second-order valence-electron chi connectivity index (χ2n) is 8.20. The summed E-state index contributed by atoms with van der Waals surface area (Å²) < 4.78 is 21.9. The predicted octanol–water partition coefficient (Wildman–Crippen LogP) is 2.93. The summed E-state index contributed by atoms with van der Waals surface area (Å²) >= 11 is 0. The number of rotatable bonds is 9. The Balaban J connectivity index is 1.66. The SMILES string of the molecule is CCc1cccc(F)c1COc1cccn2c(C(=O)NC(CO)(CO)c3ccccn3)c(C)nc12. The second kappa shape index (κ2) is 10.2. The maximum Gasteiger partial charge on any atom is 0.271 e. The number of benzene rings is 1. The first-order valence-corrected chi connectivity index (χ1v) is 11.3. The van der Waals surface area contributed by atoms with Crippen LogP contribution in [0, 0.1) is 12.7 Å². The van der Waals surface area contributed by atoms with Crippen LogP contribution >= 0.6 is 0 Å². The molecule has 9 heteroatoms. The Morgan fingerprint density at radius 3 is 2.63 bits per heavy atom. The van der Waals surface area contributed by atoms with Crippen molar-refractivity contribution in [1.29, 1.82) is 0 Å². The number of hydrogen-bond donors (Lipinski definition) is 3. The summed E-state index contributed by atoms with van der Waals surface area (Å²) in [7, 11) is 0. The Hall–Kier alpha value is -3.82. The van der Waals surface area contributed by atoms with Crippen LogP contribution in [0.2, 0.25) is 0 Å². The maximum atomic E-state index is 14.4. The van der Waals surface area contributed by atoms with Crippen molar-refractivity contribution in [2.45, 2.75) is 32.4 Å². The highest BCUT2D eigenvalue weighted by molar-refractivity contribution is 5.95. The summed E-state index contributed by atoms with van der Waals surface area (Å²) in [5.41, 5.74) is 1.20. The average molecular weight is 479 g/mol. The normalized spacial score (nSPS) is 11.6. The molecule has 1 aromatic carbocycles. The van der Waals surface area contributed by atoms with Crippen LogP contribution in [0.25, 0.3) is 5.65 Å². The van der Waals surface area contributed by atoms with Crippen LogP contribution in [-0.4, -0.2) is 43.7 Å². The number of fused-ring (bicyclic) bond motifs is 1. The summed E-state index contributed by atoms with van der Waals surface area (Å²) in [6.45, 7) is 2.53. The van der Waals surface area contributed by atoms with Crippen molar-refractivity contribution in [3.63, 3.8) is 0 Å². The molecule has 3 heterocycles. The molecule has 0 saturated carbocycles. The molecule has 0 unspecified atom stereocenters. The van der Waals surface area contributed by atoms with E-state index in [0.717, 1.165) is 5.56 Å². The Bertz CT molecular complexity index is 1340. The van der Waals surface area contributed by atoms with E-state index >= 15 is 0 Å². The Kier molecular flexibility index (Phi) is 7.09. The molecular formula is C26H27FN4O4. The number of hydrogen-bond acceptors (Lipinski definition) is 6. The third-order valence-electron chi connectivity index (χ3n) is 6.02. The lowest BCUT2D eigenvalue weighted by molar-refractivity contribution is 0.0638. The van der Waals surface area contributed by atoms with Gasteiger partial charge in [-0.05, 0) is 49.2 Å². The number of nitrogens with zero attached hydrogens (tertiary/aromatic N) is 3. The number of aliphatic hydroxyl groups is 2. The summed E-state index contributed by atoms with van der Waals surface area (Å²) in [5, 5.41) is 22.8. The topological polar surface area (TPSA) is 109 Å². The van der Waals surface area contributed by atoms with Gasteiger partial charge in [0.05, 0.1) is 24.6 Å². The van der Waals surface area contributed by atoms with Gasteiger partial charge in [-0.15, -0.1) is 0 Å². The zero-order valence-corrected chi connectivity index (χ0v) is 19.5. The quantitative estimate of drug-likeness (QED) is 0.341. The van der Waals surface area contributed by atoms with E-state index < -0.39 is 24.7 Å². The molecule has 0 radical (unpaired) electrons. The van der Waals surface area contributed by atoms with E-state index in [0.29, 0.717) is 34.8 Å². The smallest absolute Gasteiger partial charge is 0.271 e. The van der Waals surface area contributed by atoms with E-state index in [9.17, 15) is 19.4 Å². The van der Waals surface area contributed by atoms with E-state index in [1.54, 1.807) is 53.9 Å². The molecule has 182 valence electrons. The lowest BCUT2D eigenvalue weighted by Crippen LogP contribution is -2.52. The van der Waals surface area contributed by atoms with Crippen molar-refractivity contribution in [3.05, 3.63) is 95.0 Å². The summed E-state index contributed by atoms with van der Waals surface area (Å²) in [4.78, 5) is 22.1. The first-order chi connectivity index (χ1) is 16.9. The number of nitrogens with one attached hydrogen (secondary N) is 1. The molecule has 35 heavy (non-hydrogen) atoms. The van der Waals surface area contributed by atoms with E-state index in [2.05, 4.69) is 15.3 Å². The Morgan fingerprint density at radius 1 is 1.14 bits per heavy atom. The molecule has 0 fully saturated rings. The second-order valence-corrected chi connectivity index (χ2v) is 8.20. The number of carbonyl (C=O) groups is 1. The van der Waals surface area contributed by atoms with Gasteiger partial charge in [0.1, 0.15) is 23.7 Å². The number of imidazole rings is 1. The van der Waals surface area contributed by atoms with Crippen molar-refractivity contribution in [3.8, 4) is 5.75 Å². The number of aromatic nitrogens is 3. The minimum absolute atomic E-state index is 0.0147. The molecule has 3 N–H and O–H groups in total. The highest BCUT2D eigenvalue weighted by atomic mass is 19.1. The first kappa shape index (κ1) is 24.3. The van der Waals surface area contributed by atoms with Gasteiger partial charge in [0.15, 0.2) is 11.4 Å². The Morgan fingerprint density at radius 2 is 1.94 bits per heavy atom. The number of ether oxygens (including phenoxy) is 1. The standard InChI is InChI=1S/C26H27FN4O4/c1-3-18-8-6-9-20(27)19(18)14-35-21-10-7-13-31-23(17(2)29-24(21)31)25(34)30-26(15-32,16-33)22-11-4-5-12-28-22/h4-13,32-33H,3,14-16H2,1-2H3,(H,30,34). The summed E-state index contributed by atoms with van der Waals surface area (Å²) in [6.07, 6.45) is 3.85. The van der Waals surface area contributed by atoms with Crippen LogP contribution in [0.1, 0.15) is 39.9 Å². The van der Waals surface area contributed by atoms with Gasteiger partial charge in [0.2, 0.25) is 0 Å². The highest BCUT2D eigenvalue weighted by Crippen LogP contribution is 2.26. The maximum absolute atomic E-state index is 14.4. The summed E-state index contributed by atoms with van der Waals surface area (Å²) in [5.74, 6) is -0.502. The average Bonchev–Trinajstić information content (AvgIpc) is 3.23. The fourth-order valence-electron chi connectivity index (χ4n) is 4.07. The Labute approximate surface area is 202 Å². The van der Waals surface area contributed by atoms with E-state index in [1.807, 2.05) is 13.0 Å². The number of amides is 1. The molecule has 0 aliphatic carbocycles. The molecule has 0 bridgehead atoms. The third-order valence-corrected chi connectivity index (χ3v) is 6.02. The highest BCUT2D eigenvalue weighted by Gasteiger charge is 2.36. The first-order valence-electron chi connectivity index (χ1n) is 11.3. The molecule has 3 aromatic heterocycles. The van der Waals surface area contributed by atoms with Crippen molar-refractivity contribution >= 4 is 11.6 Å².